The molecule has 39 heavy (non-hydrogen) atoms. The Morgan fingerprint density at radius 3 is 2.28 bits per heavy atom. The highest BCUT2D eigenvalue weighted by molar-refractivity contribution is 7.86. The van der Waals surface area contributed by atoms with Crippen molar-refractivity contribution in [2.45, 2.75) is 35.6 Å². The predicted molar refractivity (Wildman–Crippen MR) is 137 cm³/mol. The smallest absolute Gasteiger partial charge is 0.335 e. The van der Waals surface area contributed by atoms with Gasteiger partial charge in [-0.15, -0.1) is 0 Å². The second kappa shape index (κ2) is 11.2. The van der Waals surface area contributed by atoms with Gasteiger partial charge in [0.2, 0.25) is 6.29 Å². The number of rotatable bonds is 6. The summed E-state index contributed by atoms with van der Waals surface area (Å²) in [5.74, 6) is -2.18. The number of carboxylic acid groups (broad SMARTS) is 1. The molecule has 2 aromatic carbocycles. The van der Waals surface area contributed by atoms with Crippen molar-refractivity contribution in [3.8, 4) is 5.75 Å². The minimum Gasteiger partial charge on any atom is -0.479 e. The summed E-state index contributed by atoms with van der Waals surface area (Å²) in [5.41, 5.74) is 0.888. The molecular formula is C25H20Cl2O11S. The van der Waals surface area contributed by atoms with Crippen molar-refractivity contribution in [2.75, 3.05) is 0 Å². The Labute approximate surface area is 231 Å². The summed E-state index contributed by atoms with van der Waals surface area (Å²) in [7, 11) is -4.69. The zero-order valence-corrected chi connectivity index (χ0v) is 21.8. The third-order valence-electron chi connectivity index (χ3n) is 5.93. The Morgan fingerprint density at radius 1 is 0.974 bits per heavy atom. The third kappa shape index (κ3) is 5.93. The van der Waals surface area contributed by atoms with Gasteiger partial charge in [0, 0.05) is 5.56 Å². The minimum absolute atomic E-state index is 0.0619. The third-order valence-corrected chi connectivity index (χ3v) is 7.43. The normalized spacial score (nSPS) is 26.7. The molecule has 1 aliphatic carbocycles. The van der Waals surface area contributed by atoms with E-state index in [1.54, 1.807) is 0 Å². The fourth-order valence-corrected chi connectivity index (χ4v) is 5.16. The molecule has 4 rings (SSSR count). The number of hydrogen-bond acceptors (Lipinski definition) is 9. The molecule has 2 unspecified atom stereocenters. The highest BCUT2D eigenvalue weighted by atomic mass is 35.5. The minimum atomic E-state index is -4.69. The van der Waals surface area contributed by atoms with Crippen LogP contribution in [0.2, 0.25) is 5.02 Å². The molecule has 2 aromatic rings. The van der Waals surface area contributed by atoms with Gasteiger partial charge in [-0.2, -0.15) is 8.42 Å². The van der Waals surface area contributed by atoms with E-state index < -0.39 is 57.5 Å². The number of aliphatic hydroxyl groups is 3. The van der Waals surface area contributed by atoms with Crippen LogP contribution in [-0.2, 0) is 24.4 Å². The molecule has 0 saturated carbocycles. The molecule has 14 heteroatoms. The molecule has 0 amide bonds. The number of halogens is 2. The summed E-state index contributed by atoms with van der Waals surface area (Å²) in [6.07, 6.45) is -5.33. The Hall–Kier alpha value is -3.07. The van der Waals surface area contributed by atoms with E-state index in [2.05, 4.69) is 0 Å². The van der Waals surface area contributed by atoms with Crippen molar-refractivity contribution in [3.05, 3.63) is 87.4 Å². The van der Waals surface area contributed by atoms with Gasteiger partial charge >= 0.3 is 5.97 Å². The molecule has 5 atom stereocenters. The van der Waals surface area contributed by atoms with Crippen LogP contribution in [0.25, 0.3) is 5.57 Å². The lowest BCUT2D eigenvalue weighted by molar-refractivity contribution is -0.271. The van der Waals surface area contributed by atoms with E-state index in [0.717, 1.165) is 0 Å². The Balaban J connectivity index is 1.79. The lowest BCUT2D eigenvalue weighted by Gasteiger charge is -2.38. The van der Waals surface area contributed by atoms with Crippen LogP contribution >= 0.6 is 23.2 Å². The van der Waals surface area contributed by atoms with Crippen LogP contribution in [0.15, 0.2) is 76.2 Å². The van der Waals surface area contributed by atoms with Crippen LogP contribution in [0.3, 0.4) is 0 Å². The van der Waals surface area contributed by atoms with E-state index in [1.165, 1.54) is 60.7 Å². The van der Waals surface area contributed by atoms with E-state index in [-0.39, 0.29) is 26.9 Å². The molecule has 0 aromatic heterocycles. The van der Waals surface area contributed by atoms with Crippen LogP contribution in [-0.4, -0.2) is 75.9 Å². The summed E-state index contributed by atoms with van der Waals surface area (Å²) in [6, 6.07) is 9.65. The summed E-state index contributed by atoms with van der Waals surface area (Å²) < 4.78 is 44.7. The second-order valence-electron chi connectivity index (χ2n) is 8.49. The lowest BCUT2D eigenvalue weighted by Crippen LogP contribution is -2.61. The van der Waals surface area contributed by atoms with Crippen LogP contribution in [0, 0.1) is 0 Å². The van der Waals surface area contributed by atoms with Crippen LogP contribution in [0.1, 0.15) is 11.1 Å². The lowest BCUT2D eigenvalue weighted by atomic mass is 9.90. The number of carbonyl (C=O) groups excluding carboxylic acids is 1. The molecule has 1 heterocycles. The Bertz CT molecular complexity index is 1530. The molecule has 0 spiro atoms. The first-order valence-electron chi connectivity index (χ1n) is 11.1. The molecular weight excluding hydrogens is 579 g/mol. The van der Waals surface area contributed by atoms with Crippen molar-refractivity contribution >= 4 is 50.6 Å². The van der Waals surface area contributed by atoms with Crippen LogP contribution in [0.5, 0.6) is 5.75 Å². The summed E-state index contributed by atoms with van der Waals surface area (Å²) in [4.78, 5) is 22.8. The van der Waals surface area contributed by atoms with Gasteiger partial charge in [0.1, 0.15) is 29.0 Å². The highest BCUT2D eigenvalue weighted by Crippen LogP contribution is 2.38. The Kier molecular flexibility index (Phi) is 8.30. The quantitative estimate of drug-likeness (QED) is 0.305. The van der Waals surface area contributed by atoms with Crippen molar-refractivity contribution in [1.82, 2.24) is 0 Å². The molecule has 11 nitrogen and oxygen atoms in total. The molecule has 0 radical (unpaired) electrons. The van der Waals surface area contributed by atoms with Gasteiger partial charge in [0.05, 0.1) is 10.1 Å². The largest absolute Gasteiger partial charge is 0.479 e. The maximum Gasteiger partial charge on any atom is 0.335 e. The summed E-state index contributed by atoms with van der Waals surface area (Å²) in [5, 5.41) is 39.1. The average molecular weight is 599 g/mol. The van der Waals surface area contributed by atoms with Gasteiger partial charge in [-0.05, 0) is 47.1 Å². The fourth-order valence-electron chi connectivity index (χ4n) is 4.06. The van der Waals surface area contributed by atoms with E-state index >= 15 is 0 Å². The molecule has 0 bridgehead atoms. The topological polar surface area (TPSA) is 188 Å². The van der Waals surface area contributed by atoms with Crippen molar-refractivity contribution in [1.29, 1.82) is 0 Å². The van der Waals surface area contributed by atoms with Crippen molar-refractivity contribution in [3.63, 3.8) is 0 Å². The number of carbonyl (C=O) groups is 2. The van der Waals surface area contributed by atoms with Crippen molar-refractivity contribution in [2.24, 2.45) is 0 Å². The van der Waals surface area contributed by atoms with Crippen LogP contribution < -0.4 is 4.74 Å². The molecule has 1 saturated heterocycles. The first-order chi connectivity index (χ1) is 18.3. The van der Waals surface area contributed by atoms with Gasteiger partial charge in [0.25, 0.3) is 10.1 Å². The standard InChI is InChI=1S/C25H20Cl2O11S/c26-14-9-11(5-7-16(14)28)19(13-3-1-2-4-18(13)39(34,35)36)12-6-8-17(15(27)10-12)37-25-22(31)20(29)21(30)23(38-25)24(32)33/h1-10,20-23,25,29-31H,(H,32,33)(H,34,35,36)/b19-11+/t20-,21+,22+,23?,25?/m1/s1. The molecule has 206 valence electrons. The van der Waals surface area contributed by atoms with Gasteiger partial charge in [-0.1, -0.05) is 53.5 Å². The first kappa shape index (κ1) is 28.9. The summed E-state index contributed by atoms with van der Waals surface area (Å²) >= 11 is 12.5. The molecule has 1 fully saturated rings. The fraction of sp³-hybridized carbons (Fsp3) is 0.200. The monoisotopic (exact) mass is 598 g/mol. The predicted octanol–water partition coefficient (Wildman–Crippen LogP) is 1.92. The maximum atomic E-state index is 12.1. The number of ketones is 1. The second-order valence-corrected chi connectivity index (χ2v) is 10.7. The SMILES string of the molecule is O=C1C=C/C(=C(/c2ccc(OC3OC(C(=O)O)[C@@H](O)[C@@H](O)[C@@H]3O)c(Cl)c2)c2ccccc2S(=O)(=O)O)C=C1Cl. The summed E-state index contributed by atoms with van der Waals surface area (Å²) in [6.45, 7) is 0. The number of benzene rings is 2. The molecule has 2 aliphatic rings. The van der Waals surface area contributed by atoms with Gasteiger partial charge in [-0.3, -0.25) is 9.35 Å². The number of aliphatic carboxylic acids is 1. The van der Waals surface area contributed by atoms with E-state index in [9.17, 15) is 43.0 Å². The molecule has 1 aliphatic heterocycles. The van der Waals surface area contributed by atoms with Crippen LogP contribution in [0.4, 0.5) is 0 Å². The zero-order chi connectivity index (χ0) is 28.6. The number of ether oxygens (including phenoxy) is 2. The zero-order valence-electron chi connectivity index (χ0n) is 19.5. The van der Waals surface area contributed by atoms with E-state index in [4.69, 9.17) is 32.7 Å². The van der Waals surface area contributed by atoms with Crippen molar-refractivity contribution < 1.29 is 52.5 Å². The van der Waals surface area contributed by atoms with E-state index in [0.29, 0.717) is 11.1 Å². The number of carboxylic acids is 1. The first-order valence-corrected chi connectivity index (χ1v) is 13.3. The average Bonchev–Trinajstić information content (AvgIpc) is 2.87. The van der Waals surface area contributed by atoms with Gasteiger partial charge in [-0.25, -0.2) is 4.79 Å². The van der Waals surface area contributed by atoms with E-state index in [1.807, 2.05) is 0 Å². The molecule has 5 N–H and O–H groups in total. The van der Waals surface area contributed by atoms with Gasteiger partial charge < -0.3 is 29.9 Å². The number of aliphatic hydroxyl groups excluding tert-OH is 3. The number of allylic oxidation sites excluding steroid dienone is 5. The number of hydrogen-bond donors (Lipinski definition) is 5. The van der Waals surface area contributed by atoms with Gasteiger partial charge in [0.15, 0.2) is 11.9 Å². The Morgan fingerprint density at radius 2 is 1.67 bits per heavy atom. The maximum absolute atomic E-state index is 12.1. The highest BCUT2D eigenvalue weighted by Gasteiger charge is 2.48.